The molecule has 0 heterocycles. The number of hydrogen-bond donors (Lipinski definition) is 0. The van der Waals surface area contributed by atoms with Crippen LogP contribution >= 0.6 is 0 Å². The quantitative estimate of drug-likeness (QED) is 0.355. The summed E-state index contributed by atoms with van der Waals surface area (Å²) in [6.07, 6.45) is 0.729. The average molecular weight is 398 g/mol. The van der Waals surface area contributed by atoms with E-state index in [1.807, 2.05) is 48.5 Å². The van der Waals surface area contributed by atoms with E-state index in [0.29, 0.717) is 12.8 Å². The van der Waals surface area contributed by atoms with E-state index in [1.54, 1.807) is 24.3 Å². The molecular weight excluding hydrogens is 378 g/mol. The smallest absolute Gasteiger partial charge is 0.141 e. The fraction of sp³-hybridized carbons (Fsp3) is 0.0741. The molecular formula is C27H20F2O. The van der Waals surface area contributed by atoms with Gasteiger partial charge in [0.05, 0.1) is 0 Å². The Kier molecular flexibility index (Phi) is 5.80. The standard InChI is InChI=1S/C27H20F2O/c28-25-13-9-23(10-14-25)21-5-1-19(2-6-21)17-27(30)18-20-3-7-22(8-4-20)24-11-15-26(29)16-12-24/h1-16H,17-18H2. The van der Waals surface area contributed by atoms with E-state index in [9.17, 15) is 13.6 Å². The summed E-state index contributed by atoms with van der Waals surface area (Å²) in [5.74, 6) is -0.377. The number of ketones is 1. The monoisotopic (exact) mass is 398 g/mol. The molecule has 0 aliphatic heterocycles. The predicted molar refractivity (Wildman–Crippen MR) is 116 cm³/mol. The Morgan fingerprint density at radius 2 is 0.733 bits per heavy atom. The van der Waals surface area contributed by atoms with Gasteiger partial charge in [-0.3, -0.25) is 4.79 Å². The summed E-state index contributed by atoms with van der Waals surface area (Å²) in [5, 5.41) is 0. The molecule has 0 spiro atoms. The van der Waals surface area contributed by atoms with Gasteiger partial charge in [-0.15, -0.1) is 0 Å². The number of benzene rings is 4. The minimum atomic E-state index is -0.258. The zero-order valence-electron chi connectivity index (χ0n) is 16.3. The maximum absolute atomic E-state index is 13.1. The fourth-order valence-electron chi connectivity index (χ4n) is 3.43. The molecule has 0 amide bonds. The lowest BCUT2D eigenvalue weighted by molar-refractivity contribution is -0.117. The molecule has 148 valence electrons. The van der Waals surface area contributed by atoms with Crippen molar-refractivity contribution in [3.05, 3.63) is 120 Å². The van der Waals surface area contributed by atoms with Crippen molar-refractivity contribution < 1.29 is 13.6 Å². The summed E-state index contributed by atoms with van der Waals surface area (Å²) in [6.45, 7) is 0. The fourth-order valence-corrected chi connectivity index (χ4v) is 3.43. The maximum Gasteiger partial charge on any atom is 0.141 e. The van der Waals surface area contributed by atoms with Gasteiger partial charge in [0.1, 0.15) is 17.4 Å². The Labute approximate surface area is 174 Å². The molecule has 4 aromatic rings. The van der Waals surface area contributed by atoms with Crippen LogP contribution in [0.25, 0.3) is 22.3 Å². The lowest BCUT2D eigenvalue weighted by Crippen LogP contribution is -2.06. The van der Waals surface area contributed by atoms with Gasteiger partial charge in [-0.1, -0.05) is 72.8 Å². The molecule has 0 saturated heterocycles. The van der Waals surface area contributed by atoms with Crippen LogP contribution in [-0.2, 0) is 17.6 Å². The minimum absolute atomic E-state index is 0.138. The Bertz CT molecular complexity index is 1030. The highest BCUT2D eigenvalue weighted by Gasteiger charge is 2.07. The molecule has 4 aromatic carbocycles. The molecule has 0 unspecified atom stereocenters. The van der Waals surface area contributed by atoms with E-state index in [-0.39, 0.29) is 17.4 Å². The number of carbonyl (C=O) groups is 1. The van der Waals surface area contributed by atoms with Gasteiger partial charge in [0.2, 0.25) is 0 Å². The highest BCUT2D eigenvalue weighted by atomic mass is 19.1. The van der Waals surface area contributed by atoms with E-state index in [2.05, 4.69) is 0 Å². The van der Waals surface area contributed by atoms with E-state index in [0.717, 1.165) is 33.4 Å². The second kappa shape index (κ2) is 8.83. The van der Waals surface area contributed by atoms with E-state index in [4.69, 9.17) is 0 Å². The lowest BCUT2D eigenvalue weighted by Gasteiger charge is -2.06. The first-order valence-electron chi connectivity index (χ1n) is 9.78. The third kappa shape index (κ3) is 4.87. The molecule has 0 aliphatic rings. The van der Waals surface area contributed by atoms with Crippen LogP contribution in [0.15, 0.2) is 97.1 Å². The normalized spacial score (nSPS) is 10.7. The predicted octanol–water partition coefficient (Wildman–Crippen LogP) is 6.65. The lowest BCUT2D eigenvalue weighted by atomic mass is 9.98. The molecule has 0 bridgehead atoms. The zero-order valence-corrected chi connectivity index (χ0v) is 16.3. The largest absolute Gasteiger partial charge is 0.299 e. The van der Waals surface area contributed by atoms with Crippen LogP contribution in [0.1, 0.15) is 11.1 Å². The van der Waals surface area contributed by atoms with Crippen LogP contribution in [0.4, 0.5) is 8.78 Å². The highest BCUT2D eigenvalue weighted by molar-refractivity contribution is 5.83. The van der Waals surface area contributed by atoms with Gasteiger partial charge in [0.15, 0.2) is 0 Å². The van der Waals surface area contributed by atoms with Crippen LogP contribution in [0.5, 0.6) is 0 Å². The second-order valence-electron chi connectivity index (χ2n) is 7.30. The highest BCUT2D eigenvalue weighted by Crippen LogP contribution is 2.22. The van der Waals surface area contributed by atoms with Crippen molar-refractivity contribution in [1.29, 1.82) is 0 Å². The van der Waals surface area contributed by atoms with Crippen molar-refractivity contribution in [1.82, 2.24) is 0 Å². The molecule has 0 N–H and O–H groups in total. The van der Waals surface area contributed by atoms with Gasteiger partial charge in [0.25, 0.3) is 0 Å². The first-order valence-corrected chi connectivity index (χ1v) is 9.78. The number of hydrogen-bond acceptors (Lipinski definition) is 1. The van der Waals surface area contributed by atoms with Crippen molar-refractivity contribution in [2.24, 2.45) is 0 Å². The van der Waals surface area contributed by atoms with Crippen LogP contribution in [-0.4, -0.2) is 5.78 Å². The van der Waals surface area contributed by atoms with Crippen LogP contribution in [0.3, 0.4) is 0 Å². The average Bonchev–Trinajstić information content (AvgIpc) is 2.76. The van der Waals surface area contributed by atoms with Gasteiger partial charge in [-0.05, 0) is 57.6 Å². The Morgan fingerprint density at radius 3 is 1.03 bits per heavy atom. The molecule has 0 fully saturated rings. The SMILES string of the molecule is O=C(Cc1ccc(-c2ccc(F)cc2)cc1)Cc1ccc(-c2ccc(F)cc2)cc1. The van der Waals surface area contributed by atoms with Crippen LogP contribution in [0, 0.1) is 11.6 Å². The summed E-state index contributed by atoms with van der Waals surface area (Å²) in [4.78, 5) is 12.5. The molecule has 0 radical (unpaired) electrons. The maximum atomic E-state index is 13.1. The van der Waals surface area contributed by atoms with Gasteiger partial charge < -0.3 is 0 Å². The van der Waals surface area contributed by atoms with Gasteiger partial charge >= 0.3 is 0 Å². The summed E-state index contributed by atoms with van der Waals surface area (Å²) < 4.78 is 26.1. The molecule has 1 nitrogen and oxygen atoms in total. The van der Waals surface area contributed by atoms with E-state index < -0.39 is 0 Å². The van der Waals surface area contributed by atoms with E-state index in [1.165, 1.54) is 24.3 Å². The Hall–Kier alpha value is -3.59. The van der Waals surface area contributed by atoms with E-state index >= 15 is 0 Å². The van der Waals surface area contributed by atoms with Crippen molar-refractivity contribution in [3.8, 4) is 22.3 Å². The Balaban J connectivity index is 1.37. The molecule has 30 heavy (non-hydrogen) atoms. The molecule has 0 aliphatic carbocycles. The van der Waals surface area contributed by atoms with Crippen molar-refractivity contribution in [2.45, 2.75) is 12.8 Å². The van der Waals surface area contributed by atoms with Gasteiger partial charge in [-0.25, -0.2) is 8.78 Å². The Morgan fingerprint density at radius 1 is 0.467 bits per heavy atom. The minimum Gasteiger partial charge on any atom is -0.299 e. The first kappa shape index (κ1) is 19.7. The van der Waals surface area contributed by atoms with Crippen LogP contribution < -0.4 is 0 Å². The second-order valence-corrected chi connectivity index (χ2v) is 7.30. The molecule has 3 heteroatoms. The number of Topliss-reactive ketones (excluding diaryl/α,β-unsaturated/α-hetero) is 1. The molecule has 0 atom stereocenters. The van der Waals surface area contributed by atoms with Crippen molar-refractivity contribution >= 4 is 5.78 Å². The van der Waals surface area contributed by atoms with Gasteiger partial charge in [0, 0.05) is 12.8 Å². The van der Waals surface area contributed by atoms with Crippen LogP contribution in [0.2, 0.25) is 0 Å². The number of halogens is 2. The zero-order chi connectivity index (χ0) is 20.9. The van der Waals surface area contributed by atoms with Crippen molar-refractivity contribution in [3.63, 3.8) is 0 Å². The summed E-state index contributed by atoms with van der Waals surface area (Å²) in [5.41, 5.74) is 5.76. The number of carbonyl (C=O) groups excluding carboxylic acids is 1. The third-order valence-electron chi connectivity index (χ3n) is 5.07. The summed E-state index contributed by atoms with van der Waals surface area (Å²) in [6, 6.07) is 28.3. The first-order chi connectivity index (χ1) is 14.6. The van der Waals surface area contributed by atoms with Gasteiger partial charge in [-0.2, -0.15) is 0 Å². The number of rotatable bonds is 6. The topological polar surface area (TPSA) is 17.1 Å². The third-order valence-corrected chi connectivity index (χ3v) is 5.07. The molecule has 0 saturated carbocycles. The summed E-state index contributed by atoms with van der Waals surface area (Å²) >= 11 is 0. The molecule has 0 aromatic heterocycles. The summed E-state index contributed by atoms with van der Waals surface area (Å²) in [7, 11) is 0. The van der Waals surface area contributed by atoms with Crippen molar-refractivity contribution in [2.75, 3.05) is 0 Å². The molecule has 4 rings (SSSR count).